The molecule has 0 aromatic carbocycles. The van der Waals surface area contributed by atoms with Gasteiger partial charge >= 0.3 is 0 Å². The maximum atomic E-state index is 11.2. The molecule has 1 aliphatic rings. The second-order valence-electron chi connectivity index (χ2n) is 4.11. The summed E-state index contributed by atoms with van der Waals surface area (Å²) in [5.74, 6) is 0.227. The number of aryl methyl sites for hydroxylation is 2. The fourth-order valence-corrected chi connectivity index (χ4v) is 2.25. The summed E-state index contributed by atoms with van der Waals surface area (Å²) < 4.78 is 1.92. The summed E-state index contributed by atoms with van der Waals surface area (Å²) >= 11 is 6.21. The number of hydrogen-bond donors (Lipinski definition) is 0. The van der Waals surface area contributed by atoms with Crippen LogP contribution in [-0.2, 0) is 17.8 Å². The van der Waals surface area contributed by atoms with Gasteiger partial charge in [0.05, 0.1) is 16.4 Å². The van der Waals surface area contributed by atoms with E-state index in [1.165, 1.54) is 5.57 Å². The molecule has 0 fully saturated rings. The molecular formula is C12H15ClN2O. The molecule has 0 aliphatic heterocycles. The number of allylic oxidation sites excluding steroid dienone is 2. The Kier molecular flexibility index (Phi) is 3.15. The van der Waals surface area contributed by atoms with Crippen molar-refractivity contribution in [1.82, 2.24) is 9.78 Å². The van der Waals surface area contributed by atoms with E-state index in [9.17, 15) is 4.79 Å². The molecule has 16 heavy (non-hydrogen) atoms. The van der Waals surface area contributed by atoms with Crippen molar-refractivity contribution in [2.24, 2.45) is 0 Å². The molecule has 2 rings (SSSR count). The number of carbonyl (C=O) groups is 1. The number of ketones is 1. The minimum Gasteiger partial charge on any atom is -0.295 e. The number of hydrogen-bond acceptors (Lipinski definition) is 2. The van der Waals surface area contributed by atoms with Crippen LogP contribution >= 0.6 is 11.6 Å². The largest absolute Gasteiger partial charge is 0.295 e. The highest BCUT2D eigenvalue weighted by molar-refractivity contribution is 6.31. The highest BCUT2D eigenvalue weighted by atomic mass is 35.5. The van der Waals surface area contributed by atoms with Crippen molar-refractivity contribution in [3.8, 4) is 0 Å². The maximum absolute atomic E-state index is 11.2. The van der Waals surface area contributed by atoms with E-state index in [0.717, 1.165) is 35.8 Å². The first kappa shape index (κ1) is 11.4. The van der Waals surface area contributed by atoms with Gasteiger partial charge in [0.15, 0.2) is 5.78 Å². The Bertz CT molecular complexity index is 460. The van der Waals surface area contributed by atoms with Gasteiger partial charge in [-0.1, -0.05) is 17.2 Å². The quantitative estimate of drug-likeness (QED) is 0.812. The molecule has 0 saturated carbocycles. The maximum Gasteiger partial charge on any atom is 0.155 e. The van der Waals surface area contributed by atoms with Gasteiger partial charge in [0.25, 0.3) is 0 Å². The minimum atomic E-state index is 0.227. The van der Waals surface area contributed by atoms with Gasteiger partial charge in [-0.2, -0.15) is 5.10 Å². The summed E-state index contributed by atoms with van der Waals surface area (Å²) in [5.41, 5.74) is 3.06. The van der Waals surface area contributed by atoms with Crippen LogP contribution in [0.5, 0.6) is 0 Å². The van der Waals surface area contributed by atoms with Gasteiger partial charge in [0, 0.05) is 19.4 Å². The Balaban J connectivity index is 2.27. The summed E-state index contributed by atoms with van der Waals surface area (Å²) in [4.78, 5) is 11.2. The van der Waals surface area contributed by atoms with Crippen LogP contribution in [0.2, 0.25) is 5.02 Å². The zero-order chi connectivity index (χ0) is 11.7. The van der Waals surface area contributed by atoms with Crippen LogP contribution in [0.15, 0.2) is 11.6 Å². The van der Waals surface area contributed by atoms with Gasteiger partial charge in [-0.3, -0.25) is 9.48 Å². The SMILES string of the molecule is CCn1nc(C)c(Cl)c1CC1=CC(=O)CC1. The summed E-state index contributed by atoms with van der Waals surface area (Å²) in [5, 5.41) is 5.10. The lowest BCUT2D eigenvalue weighted by molar-refractivity contribution is -0.114. The van der Waals surface area contributed by atoms with E-state index in [4.69, 9.17) is 11.6 Å². The smallest absolute Gasteiger partial charge is 0.155 e. The standard InChI is InChI=1S/C12H15ClN2O/c1-3-15-11(12(13)8(2)14-15)7-9-4-5-10(16)6-9/h6H,3-5,7H2,1-2H3. The zero-order valence-electron chi connectivity index (χ0n) is 9.59. The lowest BCUT2D eigenvalue weighted by Crippen LogP contribution is -2.03. The van der Waals surface area contributed by atoms with Crippen molar-refractivity contribution < 1.29 is 4.79 Å². The van der Waals surface area contributed by atoms with E-state index in [1.54, 1.807) is 6.08 Å². The number of carbonyl (C=O) groups excluding carboxylic acids is 1. The Morgan fingerprint density at radius 1 is 1.50 bits per heavy atom. The third-order valence-electron chi connectivity index (χ3n) is 2.90. The average Bonchev–Trinajstić information content (AvgIpc) is 2.77. The van der Waals surface area contributed by atoms with Crippen LogP contribution in [0.3, 0.4) is 0 Å². The Morgan fingerprint density at radius 3 is 2.81 bits per heavy atom. The second kappa shape index (κ2) is 4.42. The molecule has 0 spiro atoms. The lowest BCUT2D eigenvalue weighted by atomic mass is 10.1. The first-order valence-corrected chi connectivity index (χ1v) is 5.93. The number of halogens is 1. The third kappa shape index (κ3) is 2.05. The normalized spacial score (nSPS) is 15.7. The fourth-order valence-electron chi connectivity index (χ4n) is 2.05. The molecule has 0 unspecified atom stereocenters. The summed E-state index contributed by atoms with van der Waals surface area (Å²) in [7, 11) is 0. The van der Waals surface area contributed by atoms with E-state index in [0.29, 0.717) is 6.42 Å². The van der Waals surface area contributed by atoms with Crippen molar-refractivity contribution in [2.45, 2.75) is 39.7 Å². The molecule has 0 atom stereocenters. The van der Waals surface area contributed by atoms with Crippen LogP contribution in [0.25, 0.3) is 0 Å². The van der Waals surface area contributed by atoms with Crippen LogP contribution in [0, 0.1) is 6.92 Å². The van der Waals surface area contributed by atoms with Crippen molar-refractivity contribution in [3.63, 3.8) is 0 Å². The minimum absolute atomic E-state index is 0.227. The van der Waals surface area contributed by atoms with E-state index in [-0.39, 0.29) is 5.78 Å². The van der Waals surface area contributed by atoms with Gasteiger partial charge < -0.3 is 0 Å². The molecule has 1 aromatic rings. The lowest BCUT2D eigenvalue weighted by Gasteiger charge is -2.05. The van der Waals surface area contributed by atoms with E-state index in [1.807, 2.05) is 18.5 Å². The van der Waals surface area contributed by atoms with Gasteiger partial charge in [0.1, 0.15) is 0 Å². The molecule has 0 radical (unpaired) electrons. The molecule has 0 N–H and O–H groups in total. The summed E-state index contributed by atoms with van der Waals surface area (Å²) in [6.45, 7) is 4.76. The van der Waals surface area contributed by atoms with Gasteiger partial charge in [0.2, 0.25) is 0 Å². The molecule has 1 aliphatic carbocycles. The van der Waals surface area contributed by atoms with Crippen molar-refractivity contribution in [2.75, 3.05) is 0 Å². The molecule has 0 saturated heterocycles. The first-order valence-electron chi connectivity index (χ1n) is 5.56. The molecular weight excluding hydrogens is 224 g/mol. The van der Waals surface area contributed by atoms with Crippen LogP contribution < -0.4 is 0 Å². The third-order valence-corrected chi connectivity index (χ3v) is 3.40. The molecule has 3 nitrogen and oxygen atoms in total. The van der Waals surface area contributed by atoms with Gasteiger partial charge in [-0.25, -0.2) is 0 Å². The Morgan fingerprint density at radius 2 is 2.25 bits per heavy atom. The van der Waals surface area contributed by atoms with E-state index in [2.05, 4.69) is 5.10 Å². The predicted octanol–water partition coefficient (Wildman–Crippen LogP) is 2.70. The predicted molar refractivity (Wildman–Crippen MR) is 63.7 cm³/mol. The highest BCUT2D eigenvalue weighted by Gasteiger charge is 2.17. The highest BCUT2D eigenvalue weighted by Crippen LogP contribution is 2.26. The topological polar surface area (TPSA) is 34.9 Å². The molecule has 1 heterocycles. The van der Waals surface area contributed by atoms with Gasteiger partial charge in [-0.05, 0) is 26.3 Å². The fraction of sp³-hybridized carbons (Fsp3) is 0.500. The summed E-state index contributed by atoms with van der Waals surface area (Å²) in [6, 6.07) is 0. The second-order valence-corrected chi connectivity index (χ2v) is 4.49. The number of aromatic nitrogens is 2. The first-order chi connectivity index (χ1) is 7.61. The molecule has 0 bridgehead atoms. The Hall–Kier alpha value is -1.09. The molecule has 86 valence electrons. The van der Waals surface area contributed by atoms with Crippen LogP contribution in [0.1, 0.15) is 31.2 Å². The van der Waals surface area contributed by atoms with E-state index < -0.39 is 0 Å². The van der Waals surface area contributed by atoms with Crippen molar-refractivity contribution in [1.29, 1.82) is 0 Å². The van der Waals surface area contributed by atoms with Gasteiger partial charge in [-0.15, -0.1) is 0 Å². The van der Waals surface area contributed by atoms with E-state index >= 15 is 0 Å². The van der Waals surface area contributed by atoms with Crippen LogP contribution in [0.4, 0.5) is 0 Å². The molecule has 0 amide bonds. The van der Waals surface area contributed by atoms with Crippen molar-refractivity contribution >= 4 is 17.4 Å². The monoisotopic (exact) mass is 238 g/mol. The number of nitrogens with zero attached hydrogens (tertiary/aromatic N) is 2. The average molecular weight is 239 g/mol. The zero-order valence-corrected chi connectivity index (χ0v) is 10.3. The van der Waals surface area contributed by atoms with Crippen molar-refractivity contribution in [3.05, 3.63) is 28.1 Å². The Labute approximate surface area is 100 Å². The van der Waals surface area contributed by atoms with Crippen LogP contribution in [-0.4, -0.2) is 15.6 Å². The number of rotatable bonds is 3. The molecule has 1 aromatic heterocycles. The summed E-state index contributed by atoms with van der Waals surface area (Å²) in [6.07, 6.45) is 4.01. The molecule has 4 heteroatoms.